The summed E-state index contributed by atoms with van der Waals surface area (Å²) in [6.07, 6.45) is 3.38. The van der Waals surface area contributed by atoms with Crippen LogP contribution in [0.3, 0.4) is 0 Å². The number of nitrogens with one attached hydrogen (secondary N) is 2. The Balaban J connectivity index is 1.50. The van der Waals surface area contributed by atoms with Crippen molar-refractivity contribution < 1.29 is 14.1 Å². The quantitative estimate of drug-likeness (QED) is 0.803. The van der Waals surface area contributed by atoms with Crippen molar-refractivity contribution in [3.05, 3.63) is 23.2 Å². The van der Waals surface area contributed by atoms with E-state index >= 15 is 0 Å². The van der Waals surface area contributed by atoms with Gasteiger partial charge in [-0.1, -0.05) is 10.4 Å². The van der Waals surface area contributed by atoms with E-state index in [1.807, 2.05) is 6.92 Å². The molecule has 2 heterocycles. The summed E-state index contributed by atoms with van der Waals surface area (Å²) in [5.41, 5.74) is 1.63. The van der Waals surface area contributed by atoms with E-state index in [0.717, 1.165) is 24.1 Å². The van der Waals surface area contributed by atoms with Crippen LogP contribution in [0.15, 0.2) is 10.7 Å². The van der Waals surface area contributed by atoms with Crippen LogP contribution in [-0.2, 0) is 22.7 Å². The highest BCUT2D eigenvalue weighted by atomic mass is 16.5. The molecule has 0 saturated heterocycles. The summed E-state index contributed by atoms with van der Waals surface area (Å²) in [5, 5.41) is 17.0. The molecule has 0 spiro atoms. The molecular weight excluding hydrogens is 300 g/mol. The average molecular weight is 318 g/mol. The van der Waals surface area contributed by atoms with E-state index < -0.39 is 0 Å². The number of carbonyl (C=O) groups excluding carboxylic acids is 2. The van der Waals surface area contributed by atoms with Crippen molar-refractivity contribution in [1.82, 2.24) is 25.5 Å². The number of aromatic nitrogens is 4. The fourth-order valence-electron chi connectivity index (χ4n) is 2.15. The lowest BCUT2D eigenvalue weighted by molar-refractivity contribution is -0.122. The number of carbonyl (C=O) groups is 2. The summed E-state index contributed by atoms with van der Waals surface area (Å²) in [5.74, 6) is 0.891. The van der Waals surface area contributed by atoms with Gasteiger partial charge in [0.05, 0.1) is 11.9 Å². The van der Waals surface area contributed by atoms with Gasteiger partial charge in [-0.25, -0.2) is 4.68 Å². The first-order chi connectivity index (χ1) is 11.0. The Morgan fingerprint density at radius 1 is 1.39 bits per heavy atom. The van der Waals surface area contributed by atoms with E-state index in [2.05, 4.69) is 26.1 Å². The van der Waals surface area contributed by atoms with Crippen molar-refractivity contribution in [3.63, 3.8) is 0 Å². The predicted octanol–water partition coefficient (Wildman–Crippen LogP) is 0.548. The molecule has 2 aromatic heterocycles. The van der Waals surface area contributed by atoms with Gasteiger partial charge in [0.2, 0.25) is 11.8 Å². The maximum atomic E-state index is 11.9. The monoisotopic (exact) mass is 318 g/mol. The van der Waals surface area contributed by atoms with Gasteiger partial charge in [0.15, 0.2) is 5.82 Å². The third kappa shape index (κ3) is 3.74. The van der Waals surface area contributed by atoms with Crippen LogP contribution < -0.4 is 10.6 Å². The lowest BCUT2D eigenvalue weighted by atomic mass is 10.2. The Labute approximate surface area is 132 Å². The van der Waals surface area contributed by atoms with Crippen LogP contribution in [0.25, 0.3) is 0 Å². The third-order valence-electron chi connectivity index (χ3n) is 3.69. The number of hydrogen-bond acceptors (Lipinski definition) is 6. The largest absolute Gasteiger partial charge is 0.361 e. The number of hydrogen-bond donors (Lipinski definition) is 2. The van der Waals surface area contributed by atoms with Crippen LogP contribution in [-0.4, -0.2) is 32.0 Å². The molecule has 1 saturated carbocycles. The highest BCUT2D eigenvalue weighted by Crippen LogP contribution is 2.29. The number of anilines is 1. The fourth-order valence-corrected chi connectivity index (χ4v) is 2.15. The minimum Gasteiger partial charge on any atom is -0.361 e. The maximum Gasteiger partial charge on any atom is 0.242 e. The molecule has 9 heteroatoms. The summed E-state index contributed by atoms with van der Waals surface area (Å²) in [6.45, 7) is 3.99. The molecule has 2 N–H and O–H groups in total. The number of rotatable bonds is 6. The van der Waals surface area contributed by atoms with Crippen LogP contribution in [0.2, 0.25) is 0 Å². The molecule has 0 aliphatic heterocycles. The Kier molecular flexibility index (Phi) is 4.09. The second-order valence-electron chi connectivity index (χ2n) is 5.64. The van der Waals surface area contributed by atoms with Crippen LogP contribution in [0.5, 0.6) is 0 Å². The zero-order chi connectivity index (χ0) is 16.4. The Morgan fingerprint density at radius 2 is 2.17 bits per heavy atom. The Morgan fingerprint density at radius 3 is 2.83 bits per heavy atom. The molecule has 0 radical (unpaired) electrons. The first kappa shape index (κ1) is 15.2. The topological polar surface area (TPSA) is 115 Å². The van der Waals surface area contributed by atoms with Gasteiger partial charge in [-0.3, -0.25) is 9.59 Å². The van der Waals surface area contributed by atoms with Crippen LogP contribution >= 0.6 is 0 Å². The highest BCUT2D eigenvalue weighted by molar-refractivity contribution is 5.93. The van der Waals surface area contributed by atoms with Crippen molar-refractivity contribution in [1.29, 1.82) is 0 Å². The summed E-state index contributed by atoms with van der Waals surface area (Å²) in [4.78, 5) is 23.6. The zero-order valence-corrected chi connectivity index (χ0v) is 13.0. The van der Waals surface area contributed by atoms with E-state index in [1.165, 1.54) is 10.9 Å². The third-order valence-corrected chi connectivity index (χ3v) is 3.69. The fraction of sp³-hybridized carbons (Fsp3) is 0.500. The second kappa shape index (κ2) is 6.19. The molecule has 23 heavy (non-hydrogen) atoms. The SMILES string of the molecule is Cc1noc(C)c1CNC(=O)Cn1cc(NC(=O)C2CC2)nn1. The van der Waals surface area contributed by atoms with Gasteiger partial charge in [-0.05, 0) is 26.7 Å². The van der Waals surface area contributed by atoms with Crippen LogP contribution in [0.4, 0.5) is 5.82 Å². The Hall–Kier alpha value is -2.71. The van der Waals surface area contributed by atoms with Gasteiger partial charge >= 0.3 is 0 Å². The molecule has 0 unspecified atom stereocenters. The van der Waals surface area contributed by atoms with Crippen molar-refractivity contribution >= 4 is 17.6 Å². The highest BCUT2D eigenvalue weighted by Gasteiger charge is 2.30. The predicted molar refractivity (Wildman–Crippen MR) is 79.2 cm³/mol. The van der Waals surface area contributed by atoms with E-state index in [9.17, 15) is 9.59 Å². The van der Waals surface area contributed by atoms with Crippen molar-refractivity contribution in [2.24, 2.45) is 5.92 Å². The molecule has 0 atom stereocenters. The number of aryl methyl sites for hydroxylation is 2. The molecule has 1 aliphatic rings. The summed E-state index contributed by atoms with van der Waals surface area (Å²) in [7, 11) is 0. The number of nitrogens with zero attached hydrogens (tertiary/aromatic N) is 4. The molecule has 1 aliphatic carbocycles. The molecule has 2 aromatic rings. The Bertz CT molecular complexity index is 711. The smallest absolute Gasteiger partial charge is 0.242 e. The first-order valence-corrected chi connectivity index (χ1v) is 7.42. The molecule has 9 nitrogen and oxygen atoms in total. The van der Waals surface area contributed by atoms with Crippen molar-refractivity contribution in [2.75, 3.05) is 5.32 Å². The zero-order valence-electron chi connectivity index (χ0n) is 13.0. The standard InChI is InChI=1S/C14H18N6O3/c1-8-11(9(2)23-18-8)5-15-13(21)7-20-6-12(17-19-20)16-14(22)10-3-4-10/h6,10H,3-5,7H2,1-2H3,(H,15,21)(H,16,22). The minimum absolute atomic E-state index is 0.0235. The van der Waals surface area contributed by atoms with Gasteiger partial charge < -0.3 is 15.2 Å². The molecule has 2 amide bonds. The van der Waals surface area contributed by atoms with E-state index in [0.29, 0.717) is 18.1 Å². The molecule has 0 bridgehead atoms. The summed E-state index contributed by atoms with van der Waals surface area (Å²) in [6, 6.07) is 0. The lowest BCUT2D eigenvalue weighted by Gasteiger charge is -2.04. The summed E-state index contributed by atoms with van der Waals surface area (Å²) < 4.78 is 6.42. The molecule has 3 rings (SSSR count). The van der Waals surface area contributed by atoms with Crippen molar-refractivity contribution in [3.8, 4) is 0 Å². The maximum absolute atomic E-state index is 11.9. The van der Waals surface area contributed by atoms with Gasteiger partial charge in [0.1, 0.15) is 12.3 Å². The second-order valence-corrected chi connectivity index (χ2v) is 5.64. The van der Waals surface area contributed by atoms with Crippen molar-refractivity contribution in [2.45, 2.75) is 39.8 Å². The van der Waals surface area contributed by atoms with Gasteiger partial charge in [-0.15, -0.1) is 5.10 Å². The van der Waals surface area contributed by atoms with Gasteiger partial charge in [-0.2, -0.15) is 0 Å². The molecule has 0 aromatic carbocycles. The van der Waals surface area contributed by atoms with Crippen LogP contribution in [0.1, 0.15) is 29.9 Å². The molecular formula is C14H18N6O3. The van der Waals surface area contributed by atoms with E-state index in [4.69, 9.17) is 4.52 Å². The van der Waals surface area contributed by atoms with E-state index in [1.54, 1.807) is 6.92 Å². The first-order valence-electron chi connectivity index (χ1n) is 7.42. The van der Waals surface area contributed by atoms with Gasteiger partial charge in [0.25, 0.3) is 0 Å². The van der Waals surface area contributed by atoms with E-state index in [-0.39, 0.29) is 24.3 Å². The number of amides is 2. The van der Waals surface area contributed by atoms with Gasteiger partial charge in [0, 0.05) is 18.0 Å². The summed E-state index contributed by atoms with van der Waals surface area (Å²) >= 11 is 0. The van der Waals surface area contributed by atoms with Crippen LogP contribution in [0, 0.1) is 19.8 Å². The molecule has 1 fully saturated rings. The molecule has 122 valence electrons. The normalized spacial score (nSPS) is 13.8. The lowest BCUT2D eigenvalue weighted by Crippen LogP contribution is -2.27. The average Bonchev–Trinajstić information content (AvgIpc) is 3.20. The minimum atomic E-state index is -0.213.